The summed E-state index contributed by atoms with van der Waals surface area (Å²) in [6.45, 7) is 4.06. The predicted molar refractivity (Wildman–Crippen MR) is 66.0 cm³/mol. The molecule has 0 aliphatic carbocycles. The molecule has 1 fully saturated rings. The van der Waals surface area contributed by atoms with Crippen molar-refractivity contribution >= 4 is 0 Å². The Morgan fingerprint density at radius 3 is 2.65 bits per heavy atom. The molecule has 94 valence electrons. The third kappa shape index (κ3) is 3.20. The first kappa shape index (κ1) is 12.4. The molecule has 0 amide bonds. The van der Waals surface area contributed by atoms with Crippen LogP contribution in [0, 0.1) is 6.92 Å². The van der Waals surface area contributed by atoms with Crippen molar-refractivity contribution in [3.63, 3.8) is 0 Å². The molecule has 0 spiro atoms. The van der Waals surface area contributed by atoms with Crippen LogP contribution < -0.4 is 4.74 Å². The Bertz CT molecular complexity index is 347. The monoisotopic (exact) mass is 236 g/mol. The average molecular weight is 236 g/mol. The minimum Gasteiger partial charge on any atom is -0.465 e. The van der Waals surface area contributed by atoms with Crippen LogP contribution in [-0.4, -0.2) is 23.6 Å². The zero-order valence-electron chi connectivity index (χ0n) is 10.4. The molecule has 0 bridgehead atoms. The van der Waals surface area contributed by atoms with E-state index >= 15 is 0 Å². The van der Waals surface area contributed by atoms with Gasteiger partial charge in [0.25, 0.3) is 0 Å². The number of benzene rings is 1. The zero-order chi connectivity index (χ0) is 12.3. The Labute approximate surface area is 102 Å². The summed E-state index contributed by atoms with van der Waals surface area (Å²) in [5.41, 5.74) is 1.21. The highest BCUT2D eigenvalue weighted by atomic mass is 16.7. The van der Waals surface area contributed by atoms with Crippen LogP contribution in [0.2, 0.25) is 0 Å². The van der Waals surface area contributed by atoms with Crippen LogP contribution in [0.4, 0.5) is 0 Å². The zero-order valence-corrected chi connectivity index (χ0v) is 10.4. The van der Waals surface area contributed by atoms with Gasteiger partial charge in [-0.15, -0.1) is 0 Å². The molecule has 3 nitrogen and oxygen atoms in total. The first-order valence-corrected chi connectivity index (χ1v) is 6.26. The van der Waals surface area contributed by atoms with Gasteiger partial charge in [0.15, 0.2) is 6.29 Å². The predicted octanol–water partition coefficient (Wildman–Crippen LogP) is 2.65. The minimum atomic E-state index is -0.349. The summed E-state index contributed by atoms with van der Waals surface area (Å²) in [7, 11) is 0. The molecule has 0 aromatic heterocycles. The first-order chi connectivity index (χ1) is 8.19. The number of hydrogen-bond donors (Lipinski definition) is 1. The van der Waals surface area contributed by atoms with Gasteiger partial charge in [0.1, 0.15) is 5.75 Å². The third-order valence-corrected chi connectivity index (χ3v) is 3.14. The van der Waals surface area contributed by atoms with Gasteiger partial charge in [-0.3, -0.25) is 0 Å². The van der Waals surface area contributed by atoms with Gasteiger partial charge in [-0.25, -0.2) is 0 Å². The molecule has 1 aromatic carbocycles. The lowest BCUT2D eigenvalue weighted by atomic mass is 10.0. The van der Waals surface area contributed by atoms with Gasteiger partial charge in [-0.2, -0.15) is 0 Å². The van der Waals surface area contributed by atoms with Crippen molar-refractivity contribution in [3.05, 3.63) is 29.8 Å². The Morgan fingerprint density at radius 1 is 1.29 bits per heavy atom. The van der Waals surface area contributed by atoms with E-state index in [9.17, 15) is 5.11 Å². The Hall–Kier alpha value is -1.06. The summed E-state index contributed by atoms with van der Waals surface area (Å²) in [4.78, 5) is 0. The molecule has 3 heteroatoms. The van der Waals surface area contributed by atoms with Gasteiger partial charge in [0, 0.05) is 6.42 Å². The summed E-state index contributed by atoms with van der Waals surface area (Å²) in [6.07, 6.45) is 1.62. The number of aliphatic hydroxyl groups excluding tert-OH is 1. The van der Waals surface area contributed by atoms with E-state index in [0.717, 1.165) is 25.0 Å². The third-order valence-electron chi connectivity index (χ3n) is 3.14. The molecule has 1 heterocycles. The van der Waals surface area contributed by atoms with Gasteiger partial charge in [0.05, 0.1) is 12.2 Å². The van der Waals surface area contributed by atoms with E-state index in [2.05, 4.69) is 0 Å². The fraction of sp³-hybridized carbons (Fsp3) is 0.571. The van der Waals surface area contributed by atoms with E-state index in [1.54, 1.807) is 0 Å². The molecule has 17 heavy (non-hydrogen) atoms. The van der Waals surface area contributed by atoms with E-state index in [-0.39, 0.29) is 18.5 Å². The van der Waals surface area contributed by atoms with Crippen molar-refractivity contribution in [2.75, 3.05) is 0 Å². The highest BCUT2D eigenvalue weighted by Gasteiger charge is 2.29. The largest absolute Gasteiger partial charge is 0.465 e. The molecule has 1 aromatic rings. The number of ether oxygens (including phenoxy) is 2. The van der Waals surface area contributed by atoms with Gasteiger partial charge in [-0.1, -0.05) is 24.6 Å². The molecule has 2 rings (SSSR count). The fourth-order valence-electron chi connectivity index (χ4n) is 2.07. The van der Waals surface area contributed by atoms with Crippen molar-refractivity contribution in [3.8, 4) is 5.75 Å². The van der Waals surface area contributed by atoms with Crippen molar-refractivity contribution in [1.29, 1.82) is 0 Å². The highest BCUT2D eigenvalue weighted by Crippen LogP contribution is 2.24. The van der Waals surface area contributed by atoms with Crippen LogP contribution in [-0.2, 0) is 4.74 Å². The smallest absolute Gasteiger partial charge is 0.200 e. The van der Waals surface area contributed by atoms with E-state index in [0.29, 0.717) is 0 Å². The van der Waals surface area contributed by atoms with Crippen LogP contribution in [0.1, 0.15) is 31.7 Å². The lowest BCUT2D eigenvalue weighted by molar-refractivity contribution is -0.186. The standard InChI is InChI=1S/C14H20O3/c1-3-13-12(15)8-9-14(17-13)16-11-6-4-10(2)5-7-11/h4-7,12-15H,3,8-9H2,1-2H3/t12-,13+,14-/m0/s1. The van der Waals surface area contributed by atoms with Crippen LogP contribution in [0.3, 0.4) is 0 Å². The maximum absolute atomic E-state index is 9.71. The first-order valence-electron chi connectivity index (χ1n) is 6.26. The number of aliphatic hydroxyl groups is 1. The summed E-state index contributed by atoms with van der Waals surface area (Å²) in [6, 6.07) is 7.93. The van der Waals surface area contributed by atoms with E-state index in [4.69, 9.17) is 9.47 Å². The molecule has 1 N–H and O–H groups in total. The summed E-state index contributed by atoms with van der Waals surface area (Å²) < 4.78 is 11.5. The van der Waals surface area contributed by atoms with Crippen molar-refractivity contribution in [2.45, 2.75) is 51.6 Å². The second-order valence-corrected chi connectivity index (χ2v) is 4.59. The summed E-state index contributed by atoms with van der Waals surface area (Å²) in [5, 5.41) is 9.71. The molecule has 0 unspecified atom stereocenters. The molecule has 0 radical (unpaired) electrons. The van der Waals surface area contributed by atoms with E-state index in [1.165, 1.54) is 5.56 Å². The van der Waals surface area contributed by atoms with Gasteiger partial charge < -0.3 is 14.6 Å². The maximum Gasteiger partial charge on any atom is 0.200 e. The van der Waals surface area contributed by atoms with Gasteiger partial charge in [0.2, 0.25) is 0 Å². The molecule has 0 saturated carbocycles. The SMILES string of the molecule is CC[C@H]1O[C@H](Oc2ccc(C)cc2)CC[C@@H]1O. The van der Waals surface area contributed by atoms with Crippen molar-refractivity contribution in [1.82, 2.24) is 0 Å². The minimum absolute atomic E-state index is 0.0980. The lowest BCUT2D eigenvalue weighted by Crippen LogP contribution is -2.40. The maximum atomic E-state index is 9.71. The Kier molecular flexibility index (Phi) is 4.02. The number of rotatable bonds is 3. The topological polar surface area (TPSA) is 38.7 Å². The van der Waals surface area contributed by atoms with Gasteiger partial charge >= 0.3 is 0 Å². The quantitative estimate of drug-likeness (QED) is 0.876. The average Bonchev–Trinajstić information content (AvgIpc) is 2.34. The van der Waals surface area contributed by atoms with Crippen LogP contribution >= 0.6 is 0 Å². The van der Waals surface area contributed by atoms with Crippen molar-refractivity contribution in [2.24, 2.45) is 0 Å². The second kappa shape index (κ2) is 5.52. The molecule has 1 aliphatic rings. The second-order valence-electron chi connectivity index (χ2n) is 4.59. The van der Waals surface area contributed by atoms with Crippen LogP contribution in [0.5, 0.6) is 5.75 Å². The van der Waals surface area contributed by atoms with E-state index < -0.39 is 0 Å². The Morgan fingerprint density at radius 2 is 2.00 bits per heavy atom. The van der Waals surface area contributed by atoms with Crippen LogP contribution in [0.25, 0.3) is 0 Å². The fourth-order valence-corrected chi connectivity index (χ4v) is 2.07. The molecule has 1 aliphatic heterocycles. The number of aryl methyl sites for hydroxylation is 1. The normalized spacial score (nSPS) is 29.0. The van der Waals surface area contributed by atoms with Crippen molar-refractivity contribution < 1.29 is 14.6 Å². The highest BCUT2D eigenvalue weighted by molar-refractivity contribution is 5.26. The van der Waals surface area contributed by atoms with E-state index in [1.807, 2.05) is 38.1 Å². The molecular formula is C14H20O3. The van der Waals surface area contributed by atoms with Crippen LogP contribution in [0.15, 0.2) is 24.3 Å². The lowest BCUT2D eigenvalue weighted by Gasteiger charge is -2.33. The molecule has 3 atom stereocenters. The molecule has 1 saturated heterocycles. The van der Waals surface area contributed by atoms with Gasteiger partial charge in [-0.05, 0) is 31.9 Å². The molecular weight excluding hydrogens is 216 g/mol. The Balaban J connectivity index is 1.93. The summed E-state index contributed by atoms with van der Waals surface area (Å²) >= 11 is 0. The summed E-state index contributed by atoms with van der Waals surface area (Å²) in [5.74, 6) is 0.826. The number of hydrogen-bond acceptors (Lipinski definition) is 3.